The summed E-state index contributed by atoms with van der Waals surface area (Å²) in [6.45, 7) is 3.84. The van der Waals surface area contributed by atoms with Gasteiger partial charge in [-0.05, 0) is 53.8 Å². The van der Waals surface area contributed by atoms with Crippen molar-refractivity contribution < 1.29 is 19.4 Å². The van der Waals surface area contributed by atoms with Crippen molar-refractivity contribution in [2.45, 2.75) is 32.2 Å². The van der Waals surface area contributed by atoms with Gasteiger partial charge in [-0.1, -0.05) is 48.5 Å². The number of alkyl carbamates (subject to hydrolysis) is 1. The van der Waals surface area contributed by atoms with E-state index in [2.05, 4.69) is 22.4 Å². The zero-order chi connectivity index (χ0) is 22.0. The van der Waals surface area contributed by atoms with E-state index in [1.54, 1.807) is 0 Å². The lowest BCUT2D eigenvalue weighted by Crippen LogP contribution is -2.43. The van der Waals surface area contributed by atoms with E-state index in [0.29, 0.717) is 0 Å². The summed E-state index contributed by atoms with van der Waals surface area (Å²) in [5.41, 5.74) is 6.90. The highest BCUT2D eigenvalue weighted by molar-refractivity contribution is 5.81. The van der Waals surface area contributed by atoms with Gasteiger partial charge in [-0.25, -0.2) is 9.59 Å². The Morgan fingerprint density at radius 1 is 1.00 bits per heavy atom. The molecule has 0 saturated carbocycles. The Labute approximate surface area is 180 Å². The zero-order valence-electron chi connectivity index (χ0n) is 17.5. The summed E-state index contributed by atoms with van der Waals surface area (Å²) in [6.07, 6.45) is -0.583. The topological polar surface area (TPSA) is 88.5 Å². The van der Waals surface area contributed by atoms with Crippen molar-refractivity contribution >= 4 is 12.1 Å². The summed E-state index contributed by atoms with van der Waals surface area (Å²) in [4.78, 5) is 28.5. The maximum atomic E-state index is 12.5. The fourth-order valence-corrected chi connectivity index (χ4v) is 4.26. The molecular weight excluding hydrogens is 392 g/mol. The normalized spacial score (nSPS) is 13.2. The summed E-state index contributed by atoms with van der Waals surface area (Å²) in [5.74, 6) is -1.19. The Morgan fingerprint density at radius 3 is 2.10 bits per heavy atom. The summed E-state index contributed by atoms with van der Waals surface area (Å²) >= 11 is 0. The highest BCUT2D eigenvalue weighted by atomic mass is 16.5. The molecule has 1 aliphatic rings. The molecule has 0 bridgehead atoms. The number of rotatable bonds is 6. The molecule has 3 aromatic rings. The van der Waals surface area contributed by atoms with Crippen LogP contribution in [0.2, 0.25) is 0 Å². The van der Waals surface area contributed by atoms with Crippen LogP contribution in [0.1, 0.15) is 34.0 Å². The van der Waals surface area contributed by atoms with Gasteiger partial charge < -0.3 is 15.2 Å². The zero-order valence-corrected chi connectivity index (χ0v) is 17.5. The number of nitrogens with zero attached hydrogens (tertiary/aromatic N) is 1. The largest absolute Gasteiger partial charge is 0.480 e. The van der Waals surface area contributed by atoms with Gasteiger partial charge >= 0.3 is 12.1 Å². The van der Waals surface area contributed by atoms with Crippen molar-refractivity contribution in [2.24, 2.45) is 0 Å². The van der Waals surface area contributed by atoms with Gasteiger partial charge in [0.2, 0.25) is 0 Å². The van der Waals surface area contributed by atoms with Crippen molar-refractivity contribution in [1.29, 1.82) is 0 Å². The molecule has 0 radical (unpaired) electrons. The van der Waals surface area contributed by atoms with Crippen LogP contribution in [0, 0.1) is 13.8 Å². The molecule has 0 aliphatic heterocycles. The molecule has 1 atom stereocenters. The van der Waals surface area contributed by atoms with E-state index in [9.17, 15) is 14.7 Å². The molecule has 0 saturated heterocycles. The summed E-state index contributed by atoms with van der Waals surface area (Å²) in [5, 5.41) is 12.1. The number of carboxylic acid groups (broad SMARTS) is 1. The second-order valence-corrected chi connectivity index (χ2v) is 7.82. The van der Waals surface area contributed by atoms with Crippen molar-refractivity contribution in [1.82, 2.24) is 10.3 Å². The number of benzene rings is 2. The number of amides is 1. The highest BCUT2D eigenvalue weighted by Gasteiger charge is 2.29. The first-order valence-corrected chi connectivity index (χ1v) is 10.2. The number of hydrogen-bond donors (Lipinski definition) is 2. The second kappa shape index (κ2) is 8.60. The third-order valence-corrected chi connectivity index (χ3v) is 5.51. The fourth-order valence-electron chi connectivity index (χ4n) is 4.26. The Bertz CT molecular complexity index is 1080. The lowest BCUT2D eigenvalue weighted by atomic mass is 9.98. The van der Waals surface area contributed by atoms with Gasteiger partial charge in [0.15, 0.2) is 0 Å². The van der Waals surface area contributed by atoms with E-state index in [4.69, 9.17) is 4.74 Å². The minimum absolute atomic E-state index is 0.0769. The smallest absolute Gasteiger partial charge is 0.407 e. The van der Waals surface area contributed by atoms with E-state index in [0.717, 1.165) is 39.2 Å². The van der Waals surface area contributed by atoms with Gasteiger partial charge in [-0.3, -0.25) is 4.98 Å². The van der Waals surface area contributed by atoms with Crippen LogP contribution in [-0.2, 0) is 16.0 Å². The second-order valence-electron chi connectivity index (χ2n) is 7.82. The molecule has 2 N–H and O–H groups in total. The number of aryl methyl sites for hydroxylation is 2. The molecule has 0 unspecified atom stereocenters. The van der Waals surface area contributed by atoms with Gasteiger partial charge in [-0.2, -0.15) is 0 Å². The number of ether oxygens (including phenoxy) is 1. The molecule has 0 fully saturated rings. The molecule has 6 heteroatoms. The van der Waals surface area contributed by atoms with Gasteiger partial charge in [0.05, 0.1) is 0 Å². The molecule has 0 spiro atoms. The lowest BCUT2D eigenvalue weighted by Gasteiger charge is -2.18. The maximum absolute atomic E-state index is 12.5. The monoisotopic (exact) mass is 416 g/mol. The third-order valence-electron chi connectivity index (χ3n) is 5.51. The minimum atomic E-state index is -1.11. The van der Waals surface area contributed by atoms with Crippen LogP contribution in [0.4, 0.5) is 4.79 Å². The summed E-state index contributed by atoms with van der Waals surface area (Å²) in [7, 11) is 0. The first-order chi connectivity index (χ1) is 14.9. The van der Waals surface area contributed by atoms with Crippen molar-refractivity contribution in [3.63, 3.8) is 0 Å². The average molecular weight is 416 g/mol. The molecule has 1 amide bonds. The number of pyridine rings is 1. The predicted molar refractivity (Wildman–Crippen MR) is 117 cm³/mol. The van der Waals surface area contributed by atoms with E-state index < -0.39 is 18.1 Å². The van der Waals surface area contributed by atoms with Crippen LogP contribution >= 0.6 is 0 Å². The third kappa shape index (κ3) is 4.43. The maximum Gasteiger partial charge on any atom is 0.407 e. The molecular formula is C25H24N2O4. The molecule has 1 aliphatic carbocycles. The Balaban J connectivity index is 1.44. The molecule has 1 aromatic heterocycles. The molecule has 31 heavy (non-hydrogen) atoms. The summed E-state index contributed by atoms with van der Waals surface area (Å²) < 4.78 is 5.48. The standard InChI is InChI=1S/C25H24N2O4/c1-15-11-17(12-16(2)26-15)13-23(24(28)29)27-25(30)31-14-22-20-9-5-3-7-18(20)19-8-4-6-10-21(19)22/h3-12,22-23H,13-14H2,1-2H3,(H,27,30)(H,28,29)/t23-/m0/s1. The van der Waals surface area contributed by atoms with Crippen molar-refractivity contribution in [3.8, 4) is 11.1 Å². The van der Waals surface area contributed by atoms with Gasteiger partial charge in [-0.15, -0.1) is 0 Å². The summed E-state index contributed by atoms with van der Waals surface area (Å²) in [6, 6.07) is 18.7. The van der Waals surface area contributed by atoms with E-state index >= 15 is 0 Å². The quantitative estimate of drug-likeness (QED) is 0.628. The predicted octanol–water partition coefficient (Wildman–Crippen LogP) is 4.23. The van der Waals surface area contributed by atoms with Gasteiger partial charge in [0, 0.05) is 23.7 Å². The average Bonchev–Trinajstić information content (AvgIpc) is 3.05. The van der Waals surface area contributed by atoms with Crippen LogP contribution in [0.3, 0.4) is 0 Å². The van der Waals surface area contributed by atoms with E-state index in [1.165, 1.54) is 0 Å². The van der Waals surface area contributed by atoms with Crippen molar-refractivity contribution in [3.05, 3.63) is 88.7 Å². The number of aromatic nitrogens is 1. The number of hydrogen-bond acceptors (Lipinski definition) is 4. The minimum Gasteiger partial charge on any atom is -0.480 e. The Morgan fingerprint density at radius 2 is 1.55 bits per heavy atom. The van der Waals surface area contributed by atoms with Gasteiger partial charge in [0.25, 0.3) is 0 Å². The van der Waals surface area contributed by atoms with Crippen molar-refractivity contribution in [2.75, 3.05) is 6.61 Å². The van der Waals surface area contributed by atoms with E-state index in [-0.39, 0.29) is 18.9 Å². The van der Waals surface area contributed by atoms with Crippen LogP contribution in [0.5, 0.6) is 0 Å². The highest BCUT2D eigenvalue weighted by Crippen LogP contribution is 2.44. The number of fused-ring (bicyclic) bond motifs is 3. The molecule has 2 aromatic carbocycles. The first-order valence-electron chi connectivity index (χ1n) is 10.2. The Kier molecular flexibility index (Phi) is 5.71. The number of carbonyl (C=O) groups is 2. The van der Waals surface area contributed by atoms with Gasteiger partial charge in [0.1, 0.15) is 12.6 Å². The molecule has 158 valence electrons. The lowest BCUT2D eigenvalue weighted by molar-refractivity contribution is -0.139. The fraction of sp³-hybridized carbons (Fsp3) is 0.240. The van der Waals surface area contributed by atoms with Crippen LogP contribution in [0.15, 0.2) is 60.7 Å². The number of aliphatic carboxylic acids is 1. The van der Waals surface area contributed by atoms with E-state index in [1.807, 2.05) is 62.4 Å². The molecule has 6 nitrogen and oxygen atoms in total. The van der Waals surface area contributed by atoms with Crippen LogP contribution < -0.4 is 5.32 Å². The number of nitrogens with one attached hydrogen (secondary N) is 1. The molecule has 1 heterocycles. The molecule has 4 rings (SSSR count). The number of carbonyl (C=O) groups excluding carboxylic acids is 1. The SMILES string of the molecule is Cc1cc(C[C@H](NC(=O)OCC2c3ccccc3-c3ccccc32)C(=O)O)cc(C)n1. The Hall–Kier alpha value is -3.67. The number of carboxylic acids is 1. The van der Waals surface area contributed by atoms with Crippen LogP contribution in [0.25, 0.3) is 11.1 Å². The van der Waals surface area contributed by atoms with Crippen LogP contribution in [-0.4, -0.2) is 34.8 Å². The first kappa shape index (κ1) is 20.6.